The molecular weight excluding hydrogens is 448 g/mol. The third-order valence-corrected chi connectivity index (χ3v) is 6.00. The molecule has 2 aromatic carbocycles. The molecule has 0 radical (unpaired) electrons. The Balaban J connectivity index is 1.77. The maximum Gasteiger partial charge on any atom is 0.266 e. The summed E-state index contributed by atoms with van der Waals surface area (Å²) in [5.41, 5.74) is 2.02. The van der Waals surface area contributed by atoms with E-state index in [4.69, 9.17) is 16.1 Å². The van der Waals surface area contributed by atoms with Crippen molar-refractivity contribution < 1.29 is 9.32 Å². The topological polar surface area (TPSA) is 90.0 Å². The molecular formula is C23H21ClN4O3S. The summed E-state index contributed by atoms with van der Waals surface area (Å²) in [6.07, 6.45) is 0. The van der Waals surface area contributed by atoms with Gasteiger partial charge in [0.15, 0.2) is 11.0 Å². The van der Waals surface area contributed by atoms with Crippen molar-refractivity contribution in [3.63, 3.8) is 0 Å². The highest BCUT2D eigenvalue weighted by atomic mass is 35.5. The minimum absolute atomic E-state index is 0.0360. The van der Waals surface area contributed by atoms with Gasteiger partial charge in [0.1, 0.15) is 5.76 Å². The number of carbonyl (C=O) groups excluding carboxylic acids is 1. The van der Waals surface area contributed by atoms with Crippen LogP contribution in [0.5, 0.6) is 0 Å². The maximum absolute atomic E-state index is 13.5. The number of hydrogen-bond donors (Lipinski definition) is 1. The second kappa shape index (κ2) is 9.18. The van der Waals surface area contributed by atoms with E-state index in [0.717, 1.165) is 11.3 Å². The average molecular weight is 469 g/mol. The number of carbonyl (C=O) groups is 1. The van der Waals surface area contributed by atoms with Crippen LogP contribution in [0.1, 0.15) is 31.1 Å². The summed E-state index contributed by atoms with van der Waals surface area (Å²) in [4.78, 5) is 30.7. The Morgan fingerprint density at radius 2 is 2.00 bits per heavy atom. The predicted molar refractivity (Wildman–Crippen MR) is 127 cm³/mol. The average Bonchev–Trinajstić information content (AvgIpc) is 3.16. The monoisotopic (exact) mass is 468 g/mol. The second-order valence-corrected chi connectivity index (χ2v) is 8.95. The predicted octanol–water partition coefficient (Wildman–Crippen LogP) is 5.19. The molecule has 2 aromatic heterocycles. The number of amides is 1. The molecule has 4 aromatic rings. The fourth-order valence-corrected chi connectivity index (χ4v) is 4.33. The molecule has 0 fully saturated rings. The number of nitrogens with one attached hydrogen (secondary N) is 1. The summed E-state index contributed by atoms with van der Waals surface area (Å²) in [5.74, 6) is 0.880. The highest BCUT2D eigenvalue weighted by Crippen LogP contribution is 2.28. The number of thioether (sulfide) groups is 1. The van der Waals surface area contributed by atoms with Gasteiger partial charge in [-0.1, -0.05) is 60.6 Å². The van der Waals surface area contributed by atoms with E-state index in [0.29, 0.717) is 32.7 Å². The largest absolute Gasteiger partial charge is 0.360 e. The third kappa shape index (κ3) is 4.56. The lowest BCUT2D eigenvalue weighted by atomic mass is 10.0. The van der Waals surface area contributed by atoms with Crippen LogP contribution in [0.15, 0.2) is 63.0 Å². The number of nitrogens with zero attached hydrogens (tertiary/aromatic N) is 3. The molecule has 0 aliphatic rings. The summed E-state index contributed by atoms with van der Waals surface area (Å²) >= 11 is 7.30. The molecule has 1 N–H and O–H groups in total. The van der Waals surface area contributed by atoms with E-state index >= 15 is 0 Å². The molecule has 0 unspecified atom stereocenters. The van der Waals surface area contributed by atoms with Crippen molar-refractivity contribution in [2.45, 2.75) is 31.8 Å². The second-order valence-electron chi connectivity index (χ2n) is 7.57. The zero-order valence-corrected chi connectivity index (χ0v) is 19.3. The molecule has 7 nitrogen and oxygen atoms in total. The highest BCUT2D eigenvalue weighted by molar-refractivity contribution is 7.99. The molecule has 9 heteroatoms. The summed E-state index contributed by atoms with van der Waals surface area (Å²) < 4.78 is 6.55. The van der Waals surface area contributed by atoms with E-state index in [1.54, 1.807) is 35.8 Å². The van der Waals surface area contributed by atoms with Crippen LogP contribution in [-0.4, -0.2) is 26.4 Å². The molecule has 0 saturated carbocycles. The van der Waals surface area contributed by atoms with Crippen LogP contribution in [0.2, 0.25) is 5.02 Å². The minimum Gasteiger partial charge on any atom is -0.360 e. The van der Waals surface area contributed by atoms with Crippen LogP contribution < -0.4 is 10.9 Å². The molecule has 4 rings (SSSR count). The first-order valence-electron chi connectivity index (χ1n) is 10.0. The molecule has 1 amide bonds. The van der Waals surface area contributed by atoms with Gasteiger partial charge in [-0.05, 0) is 42.7 Å². The lowest BCUT2D eigenvalue weighted by Crippen LogP contribution is -2.24. The van der Waals surface area contributed by atoms with Gasteiger partial charge in [0.05, 0.1) is 22.3 Å². The van der Waals surface area contributed by atoms with Gasteiger partial charge in [0, 0.05) is 11.1 Å². The summed E-state index contributed by atoms with van der Waals surface area (Å²) in [5, 5.41) is 7.80. The van der Waals surface area contributed by atoms with Gasteiger partial charge in [-0.25, -0.2) is 4.98 Å². The van der Waals surface area contributed by atoms with E-state index < -0.39 is 0 Å². The first kappa shape index (κ1) is 22.1. The zero-order valence-electron chi connectivity index (χ0n) is 17.8. The molecule has 0 atom stereocenters. The Hall–Kier alpha value is -3.10. The van der Waals surface area contributed by atoms with Crippen molar-refractivity contribution in [2.75, 3.05) is 11.1 Å². The summed E-state index contributed by atoms with van der Waals surface area (Å²) in [6, 6.07) is 14.3. The highest BCUT2D eigenvalue weighted by Gasteiger charge is 2.18. The normalized spacial score (nSPS) is 11.3. The zero-order chi connectivity index (χ0) is 22.8. The third-order valence-electron chi connectivity index (χ3n) is 4.83. The smallest absolute Gasteiger partial charge is 0.266 e. The fraction of sp³-hybridized carbons (Fsp3) is 0.217. The minimum atomic E-state index is -0.285. The van der Waals surface area contributed by atoms with Crippen LogP contribution in [0.3, 0.4) is 0 Å². The van der Waals surface area contributed by atoms with Gasteiger partial charge in [0.2, 0.25) is 5.91 Å². The SMILES string of the molecule is Cc1cc(NC(=O)CSc2nc3cc(Cl)ccc3c(=O)n2-c2ccccc2C(C)C)no1. The molecule has 0 aliphatic carbocycles. The van der Waals surface area contributed by atoms with Gasteiger partial charge in [-0.2, -0.15) is 0 Å². The summed E-state index contributed by atoms with van der Waals surface area (Å²) in [7, 11) is 0. The number of aromatic nitrogens is 3. The van der Waals surface area contributed by atoms with Crippen molar-refractivity contribution in [1.82, 2.24) is 14.7 Å². The summed E-state index contributed by atoms with van der Waals surface area (Å²) in [6.45, 7) is 5.88. The molecule has 164 valence electrons. The fourth-order valence-electron chi connectivity index (χ4n) is 3.36. The van der Waals surface area contributed by atoms with Gasteiger partial charge >= 0.3 is 0 Å². The van der Waals surface area contributed by atoms with E-state index in [1.165, 1.54) is 11.8 Å². The number of halogens is 1. The van der Waals surface area contributed by atoms with Crippen LogP contribution in [0.4, 0.5) is 5.82 Å². The van der Waals surface area contributed by atoms with Crippen molar-refractivity contribution in [2.24, 2.45) is 0 Å². The van der Waals surface area contributed by atoms with E-state index in [2.05, 4.69) is 29.3 Å². The lowest BCUT2D eigenvalue weighted by molar-refractivity contribution is -0.113. The van der Waals surface area contributed by atoms with Crippen molar-refractivity contribution >= 4 is 46.0 Å². The molecule has 0 bridgehead atoms. The maximum atomic E-state index is 13.5. The number of aryl methyl sites for hydroxylation is 1. The van der Waals surface area contributed by atoms with Crippen molar-refractivity contribution in [1.29, 1.82) is 0 Å². The quantitative estimate of drug-likeness (QED) is 0.309. The molecule has 32 heavy (non-hydrogen) atoms. The van der Waals surface area contributed by atoms with Crippen LogP contribution in [-0.2, 0) is 4.79 Å². The molecule has 0 spiro atoms. The standard InChI is InChI=1S/C23H21ClN4O3S/c1-13(2)16-6-4-5-7-19(16)28-22(30)17-9-8-15(24)11-18(17)25-23(28)32-12-21(29)26-20-10-14(3)31-27-20/h4-11,13H,12H2,1-3H3,(H,26,27,29). The van der Waals surface area contributed by atoms with Gasteiger partial charge in [0.25, 0.3) is 5.56 Å². The number of benzene rings is 2. The van der Waals surface area contributed by atoms with E-state index in [9.17, 15) is 9.59 Å². The molecule has 0 aliphatic heterocycles. The van der Waals surface area contributed by atoms with Gasteiger partial charge in [-0.15, -0.1) is 0 Å². The number of fused-ring (bicyclic) bond motifs is 1. The Morgan fingerprint density at radius 3 is 2.72 bits per heavy atom. The van der Waals surface area contributed by atoms with Crippen LogP contribution >= 0.6 is 23.4 Å². The Labute approximate surface area is 193 Å². The van der Waals surface area contributed by atoms with Gasteiger partial charge in [-0.3, -0.25) is 14.2 Å². The molecule has 2 heterocycles. The van der Waals surface area contributed by atoms with E-state index in [1.807, 2.05) is 24.3 Å². The molecule has 0 saturated heterocycles. The first-order chi connectivity index (χ1) is 15.3. The first-order valence-corrected chi connectivity index (χ1v) is 11.4. The number of anilines is 1. The van der Waals surface area contributed by atoms with E-state index in [-0.39, 0.29) is 23.1 Å². The Bertz CT molecular complexity index is 1360. The number of rotatable bonds is 6. The Morgan fingerprint density at radius 1 is 1.22 bits per heavy atom. The van der Waals surface area contributed by atoms with Crippen molar-refractivity contribution in [3.8, 4) is 5.69 Å². The number of hydrogen-bond acceptors (Lipinski definition) is 6. The van der Waals surface area contributed by atoms with Gasteiger partial charge < -0.3 is 9.84 Å². The lowest BCUT2D eigenvalue weighted by Gasteiger charge is -2.18. The number of para-hydroxylation sites is 1. The Kier molecular flexibility index (Phi) is 6.34. The van der Waals surface area contributed by atoms with Crippen molar-refractivity contribution in [3.05, 3.63) is 75.2 Å². The van der Waals surface area contributed by atoms with Crippen LogP contribution in [0.25, 0.3) is 16.6 Å². The van der Waals surface area contributed by atoms with Crippen LogP contribution in [0, 0.1) is 6.92 Å².